The lowest BCUT2D eigenvalue weighted by Crippen LogP contribution is -2.17. The molecule has 0 unspecified atom stereocenters. The van der Waals surface area contributed by atoms with Crippen molar-refractivity contribution in [3.05, 3.63) is 23.8 Å². The minimum Gasteiger partial charge on any atom is -0.465 e. The molecular weight excluding hydrogens is 320 g/mol. The van der Waals surface area contributed by atoms with Crippen molar-refractivity contribution in [2.75, 3.05) is 25.2 Å². The van der Waals surface area contributed by atoms with Gasteiger partial charge < -0.3 is 15.8 Å². The fourth-order valence-electron chi connectivity index (χ4n) is 1.48. The molecule has 0 saturated heterocycles. The van der Waals surface area contributed by atoms with E-state index in [-0.39, 0.29) is 47.4 Å². The van der Waals surface area contributed by atoms with Gasteiger partial charge in [0.15, 0.2) is 9.84 Å². The lowest BCUT2D eigenvalue weighted by Gasteiger charge is -2.09. The van der Waals surface area contributed by atoms with E-state index in [1.54, 1.807) is 0 Å². The molecule has 0 spiro atoms. The van der Waals surface area contributed by atoms with Gasteiger partial charge in [-0.15, -0.1) is 12.4 Å². The first-order valence-corrected chi connectivity index (χ1v) is 7.60. The van der Waals surface area contributed by atoms with Crippen LogP contribution in [-0.4, -0.2) is 40.2 Å². The summed E-state index contributed by atoms with van der Waals surface area (Å²) in [6.07, 6.45) is 1.10. The summed E-state index contributed by atoms with van der Waals surface area (Å²) in [5.41, 5.74) is 5.49. The second-order valence-electron chi connectivity index (χ2n) is 4.10. The maximum atomic E-state index is 11.6. The van der Waals surface area contributed by atoms with Crippen LogP contribution in [0, 0.1) is 0 Å². The smallest absolute Gasteiger partial charge is 0.337 e. The van der Waals surface area contributed by atoms with Crippen molar-refractivity contribution in [2.45, 2.75) is 11.3 Å². The molecule has 118 valence electrons. The summed E-state index contributed by atoms with van der Waals surface area (Å²) in [6, 6.07) is 3.81. The van der Waals surface area contributed by atoms with Crippen LogP contribution in [0.15, 0.2) is 23.1 Å². The number of sulfone groups is 1. The standard InChI is InChI=1S/C12H16N2O5S.ClH/c1-19-12(16)8-5-9(14-11(15)3-4-13)7-10(6-8)20(2,17)18;/h5-7H,3-4,13H2,1-2H3,(H,14,15);1H. The third-order valence-corrected chi connectivity index (χ3v) is 3.50. The molecule has 1 aromatic carbocycles. The molecule has 0 aromatic heterocycles. The van der Waals surface area contributed by atoms with E-state index in [1.807, 2.05) is 0 Å². The molecule has 0 aliphatic carbocycles. The minimum absolute atomic E-state index is 0. The number of anilines is 1. The van der Waals surface area contributed by atoms with Crippen LogP contribution in [0.2, 0.25) is 0 Å². The zero-order valence-corrected chi connectivity index (χ0v) is 13.2. The minimum atomic E-state index is -3.52. The van der Waals surface area contributed by atoms with Crippen LogP contribution in [0.1, 0.15) is 16.8 Å². The summed E-state index contributed by atoms with van der Waals surface area (Å²) < 4.78 is 27.7. The average molecular weight is 337 g/mol. The molecule has 7 nitrogen and oxygen atoms in total. The molecular formula is C12H17ClN2O5S. The molecule has 21 heavy (non-hydrogen) atoms. The van der Waals surface area contributed by atoms with E-state index >= 15 is 0 Å². The normalized spacial score (nSPS) is 10.4. The van der Waals surface area contributed by atoms with Crippen LogP contribution in [0.3, 0.4) is 0 Å². The van der Waals surface area contributed by atoms with Crippen molar-refractivity contribution in [3.63, 3.8) is 0 Å². The van der Waals surface area contributed by atoms with Gasteiger partial charge in [-0.05, 0) is 18.2 Å². The van der Waals surface area contributed by atoms with Gasteiger partial charge in [0, 0.05) is 24.9 Å². The fraction of sp³-hybridized carbons (Fsp3) is 0.333. The number of methoxy groups -OCH3 is 1. The molecule has 1 aromatic rings. The lowest BCUT2D eigenvalue weighted by molar-refractivity contribution is -0.116. The van der Waals surface area contributed by atoms with Crippen LogP contribution in [0.25, 0.3) is 0 Å². The van der Waals surface area contributed by atoms with Crippen molar-refractivity contribution in [2.24, 2.45) is 5.73 Å². The Morgan fingerprint density at radius 1 is 1.29 bits per heavy atom. The van der Waals surface area contributed by atoms with Crippen molar-refractivity contribution in [1.29, 1.82) is 0 Å². The Kier molecular flexibility index (Phi) is 7.34. The number of ether oxygens (including phenoxy) is 1. The quantitative estimate of drug-likeness (QED) is 0.760. The molecule has 1 amide bonds. The molecule has 0 fully saturated rings. The summed E-state index contributed by atoms with van der Waals surface area (Å²) >= 11 is 0. The van der Waals surface area contributed by atoms with E-state index in [0.717, 1.165) is 6.26 Å². The highest BCUT2D eigenvalue weighted by atomic mass is 35.5. The number of hydrogen-bond acceptors (Lipinski definition) is 6. The Morgan fingerprint density at radius 2 is 1.90 bits per heavy atom. The summed E-state index contributed by atoms with van der Waals surface area (Å²) in [7, 11) is -2.34. The van der Waals surface area contributed by atoms with E-state index in [1.165, 1.54) is 25.3 Å². The van der Waals surface area contributed by atoms with Crippen LogP contribution in [0.5, 0.6) is 0 Å². The number of benzene rings is 1. The number of hydrogen-bond donors (Lipinski definition) is 2. The summed E-state index contributed by atoms with van der Waals surface area (Å²) in [5.74, 6) is -1.06. The van der Waals surface area contributed by atoms with Crippen LogP contribution < -0.4 is 11.1 Å². The molecule has 3 N–H and O–H groups in total. The molecule has 0 bridgehead atoms. The summed E-state index contributed by atoms with van der Waals surface area (Å²) in [5, 5.41) is 2.48. The van der Waals surface area contributed by atoms with E-state index in [2.05, 4.69) is 10.1 Å². The molecule has 0 atom stereocenters. The van der Waals surface area contributed by atoms with Crippen molar-refractivity contribution in [3.8, 4) is 0 Å². The lowest BCUT2D eigenvalue weighted by atomic mass is 10.2. The van der Waals surface area contributed by atoms with Crippen molar-refractivity contribution >= 4 is 39.8 Å². The van der Waals surface area contributed by atoms with Gasteiger partial charge in [-0.1, -0.05) is 0 Å². The number of nitrogens with two attached hydrogens (primary N) is 1. The SMILES string of the molecule is COC(=O)c1cc(NC(=O)CCN)cc(S(C)(=O)=O)c1.Cl. The zero-order valence-electron chi connectivity index (χ0n) is 11.6. The number of rotatable bonds is 5. The van der Waals surface area contributed by atoms with Gasteiger partial charge in [0.05, 0.1) is 17.6 Å². The van der Waals surface area contributed by atoms with Gasteiger partial charge in [-0.3, -0.25) is 4.79 Å². The van der Waals surface area contributed by atoms with Crippen LogP contribution in [-0.2, 0) is 19.4 Å². The van der Waals surface area contributed by atoms with Gasteiger partial charge in [0.1, 0.15) is 0 Å². The highest BCUT2D eigenvalue weighted by molar-refractivity contribution is 7.90. The van der Waals surface area contributed by atoms with Crippen LogP contribution >= 0.6 is 12.4 Å². The van der Waals surface area contributed by atoms with Gasteiger partial charge in [-0.25, -0.2) is 13.2 Å². The van der Waals surface area contributed by atoms with Gasteiger partial charge in [-0.2, -0.15) is 0 Å². The van der Waals surface area contributed by atoms with E-state index < -0.39 is 15.8 Å². The van der Waals surface area contributed by atoms with Crippen molar-refractivity contribution in [1.82, 2.24) is 0 Å². The third-order valence-electron chi connectivity index (χ3n) is 2.41. The zero-order chi connectivity index (χ0) is 15.3. The highest BCUT2D eigenvalue weighted by Gasteiger charge is 2.15. The molecule has 9 heteroatoms. The predicted molar refractivity (Wildman–Crippen MR) is 80.4 cm³/mol. The highest BCUT2D eigenvalue weighted by Crippen LogP contribution is 2.20. The second kappa shape index (κ2) is 7.96. The predicted octanol–water partition coefficient (Wildman–Crippen LogP) is 0.586. The first-order valence-electron chi connectivity index (χ1n) is 5.71. The molecule has 0 saturated carbocycles. The molecule has 1 rings (SSSR count). The third kappa shape index (κ3) is 5.70. The number of esters is 1. The average Bonchev–Trinajstić information content (AvgIpc) is 2.36. The maximum absolute atomic E-state index is 11.6. The number of nitrogens with one attached hydrogen (secondary N) is 1. The number of carbonyl (C=O) groups is 2. The molecule has 0 aliphatic heterocycles. The number of halogens is 1. The number of carbonyl (C=O) groups excluding carboxylic acids is 2. The van der Waals surface area contributed by atoms with E-state index in [9.17, 15) is 18.0 Å². The first-order chi connectivity index (χ1) is 9.27. The monoisotopic (exact) mass is 336 g/mol. The Morgan fingerprint density at radius 3 is 2.38 bits per heavy atom. The molecule has 0 heterocycles. The molecule has 0 radical (unpaired) electrons. The van der Waals surface area contributed by atoms with Gasteiger partial charge in [0.25, 0.3) is 0 Å². The Labute approximate surface area is 129 Å². The molecule has 0 aliphatic rings. The van der Waals surface area contributed by atoms with Gasteiger partial charge in [0.2, 0.25) is 5.91 Å². The van der Waals surface area contributed by atoms with Crippen LogP contribution in [0.4, 0.5) is 5.69 Å². The largest absolute Gasteiger partial charge is 0.465 e. The Bertz CT molecular complexity index is 631. The van der Waals surface area contributed by atoms with Crippen molar-refractivity contribution < 1.29 is 22.7 Å². The first kappa shape index (κ1) is 19.4. The fourth-order valence-corrected chi connectivity index (χ4v) is 2.16. The van der Waals surface area contributed by atoms with Gasteiger partial charge >= 0.3 is 5.97 Å². The maximum Gasteiger partial charge on any atom is 0.337 e. The van der Waals surface area contributed by atoms with E-state index in [4.69, 9.17) is 5.73 Å². The van der Waals surface area contributed by atoms with E-state index in [0.29, 0.717) is 0 Å². The number of amides is 1. The second-order valence-corrected chi connectivity index (χ2v) is 6.11. The Balaban J connectivity index is 0.00000400. The summed E-state index contributed by atoms with van der Waals surface area (Å²) in [4.78, 5) is 22.9. The Hall–Kier alpha value is -1.64. The topological polar surface area (TPSA) is 116 Å². The summed E-state index contributed by atoms with van der Waals surface area (Å²) in [6.45, 7) is 0.168.